The first kappa shape index (κ1) is 9.79. The number of nitrogens with one attached hydrogen (secondary N) is 1. The molecule has 0 aromatic rings. The minimum atomic E-state index is 1.22. The van der Waals surface area contributed by atoms with Gasteiger partial charge in [0.1, 0.15) is 0 Å². The Labute approximate surface area is 76.2 Å². The van der Waals surface area contributed by atoms with Gasteiger partial charge in [0.2, 0.25) is 0 Å². The van der Waals surface area contributed by atoms with Gasteiger partial charge in [-0.05, 0) is 51.6 Å². The summed E-state index contributed by atoms with van der Waals surface area (Å²) in [6, 6.07) is 0. The lowest BCUT2D eigenvalue weighted by Gasteiger charge is -2.04. The Hall–Kier alpha value is -0.300. The van der Waals surface area contributed by atoms with Crippen LogP contribution >= 0.6 is 0 Å². The summed E-state index contributed by atoms with van der Waals surface area (Å²) in [4.78, 5) is 0. The summed E-state index contributed by atoms with van der Waals surface area (Å²) >= 11 is 0. The molecule has 12 heavy (non-hydrogen) atoms. The van der Waals surface area contributed by atoms with E-state index in [-0.39, 0.29) is 0 Å². The molecule has 0 radical (unpaired) electrons. The van der Waals surface area contributed by atoms with Crippen molar-refractivity contribution in [1.29, 1.82) is 0 Å². The molecule has 1 rings (SSSR count). The normalized spacial score (nSPS) is 25.3. The van der Waals surface area contributed by atoms with Crippen LogP contribution in [0.2, 0.25) is 0 Å². The van der Waals surface area contributed by atoms with Crippen LogP contribution in [0.15, 0.2) is 12.2 Å². The Balaban J connectivity index is 2.10. The molecule has 0 amide bonds. The van der Waals surface area contributed by atoms with Crippen LogP contribution in [-0.2, 0) is 0 Å². The van der Waals surface area contributed by atoms with Crippen molar-refractivity contribution in [3.8, 4) is 0 Å². The second-order valence-corrected chi connectivity index (χ2v) is 3.57. The molecule has 1 heteroatoms. The minimum Gasteiger partial charge on any atom is -0.317 e. The molecular formula is C11H21N. The Kier molecular flexibility index (Phi) is 6.00. The summed E-state index contributed by atoms with van der Waals surface area (Å²) in [6.07, 6.45) is 14.1. The number of rotatable bonds is 0. The van der Waals surface area contributed by atoms with Crippen molar-refractivity contribution in [2.75, 3.05) is 13.1 Å². The highest BCUT2D eigenvalue weighted by atomic mass is 14.8. The molecule has 1 aliphatic rings. The first-order valence-corrected chi connectivity index (χ1v) is 5.36. The highest BCUT2D eigenvalue weighted by Crippen LogP contribution is 2.03. The minimum absolute atomic E-state index is 1.22. The van der Waals surface area contributed by atoms with Gasteiger partial charge in [0.05, 0.1) is 0 Å². The summed E-state index contributed by atoms with van der Waals surface area (Å²) < 4.78 is 0. The van der Waals surface area contributed by atoms with E-state index in [4.69, 9.17) is 0 Å². The van der Waals surface area contributed by atoms with Crippen LogP contribution in [-0.4, -0.2) is 13.1 Å². The van der Waals surface area contributed by atoms with Gasteiger partial charge >= 0.3 is 0 Å². The zero-order valence-electron chi connectivity index (χ0n) is 8.02. The average molecular weight is 167 g/mol. The smallest absolute Gasteiger partial charge is 0.00488 e. The van der Waals surface area contributed by atoms with Crippen molar-refractivity contribution in [2.24, 2.45) is 0 Å². The summed E-state index contributed by atoms with van der Waals surface area (Å²) in [5, 5.41) is 3.48. The standard InChI is InChI=1S/C11H21N/c1-2-4-6-8-10-12-11-9-7-5-3-1/h1-2,12H,3-11H2/b2-1-. The molecule has 0 fully saturated rings. The molecule has 1 N–H and O–H groups in total. The van der Waals surface area contributed by atoms with Gasteiger partial charge in [0.15, 0.2) is 0 Å². The molecule has 0 aromatic carbocycles. The van der Waals surface area contributed by atoms with Crippen LogP contribution in [0.25, 0.3) is 0 Å². The second kappa shape index (κ2) is 7.35. The molecule has 0 aliphatic carbocycles. The van der Waals surface area contributed by atoms with Gasteiger partial charge in [-0.1, -0.05) is 18.6 Å². The van der Waals surface area contributed by atoms with Crippen LogP contribution in [0.5, 0.6) is 0 Å². The van der Waals surface area contributed by atoms with Crippen molar-refractivity contribution in [2.45, 2.75) is 44.9 Å². The third kappa shape index (κ3) is 5.36. The lowest BCUT2D eigenvalue weighted by molar-refractivity contribution is 0.577. The summed E-state index contributed by atoms with van der Waals surface area (Å²) in [5.41, 5.74) is 0. The third-order valence-corrected chi connectivity index (χ3v) is 2.37. The largest absolute Gasteiger partial charge is 0.317 e. The van der Waals surface area contributed by atoms with Crippen LogP contribution < -0.4 is 5.32 Å². The highest BCUT2D eigenvalue weighted by Gasteiger charge is 1.91. The predicted molar refractivity (Wildman–Crippen MR) is 54.3 cm³/mol. The van der Waals surface area contributed by atoms with E-state index in [1.807, 2.05) is 0 Å². The predicted octanol–water partition coefficient (Wildman–Crippen LogP) is 2.88. The molecule has 1 aliphatic heterocycles. The maximum Gasteiger partial charge on any atom is -0.00488 e. The lowest BCUT2D eigenvalue weighted by Crippen LogP contribution is -2.16. The van der Waals surface area contributed by atoms with E-state index in [9.17, 15) is 0 Å². The fourth-order valence-electron chi connectivity index (χ4n) is 1.56. The quantitative estimate of drug-likeness (QED) is 0.547. The van der Waals surface area contributed by atoms with Crippen LogP contribution in [0, 0.1) is 0 Å². The van der Waals surface area contributed by atoms with Crippen LogP contribution in [0.3, 0.4) is 0 Å². The summed E-state index contributed by atoms with van der Waals surface area (Å²) in [5.74, 6) is 0. The van der Waals surface area contributed by atoms with Crippen molar-refractivity contribution in [3.05, 3.63) is 12.2 Å². The molecule has 1 nitrogen and oxygen atoms in total. The number of hydrogen-bond acceptors (Lipinski definition) is 1. The average Bonchev–Trinajstić information content (AvgIpc) is 2.05. The molecular weight excluding hydrogens is 146 g/mol. The first-order chi connectivity index (χ1) is 6.00. The molecule has 0 bridgehead atoms. The molecule has 0 saturated carbocycles. The third-order valence-electron chi connectivity index (χ3n) is 2.37. The van der Waals surface area contributed by atoms with Gasteiger partial charge in [0, 0.05) is 0 Å². The number of allylic oxidation sites excluding steroid dienone is 2. The van der Waals surface area contributed by atoms with Crippen LogP contribution in [0.4, 0.5) is 0 Å². The van der Waals surface area contributed by atoms with Gasteiger partial charge in [-0.25, -0.2) is 0 Å². The second-order valence-electron chi connectivity index (χ2n) is 3.57. The van der Waals surface area contributed by atoms with Gasteiger partial charge in [-0.15, -0.1) is 0 Å². The highest BCUT2D eigenvalue weighted by molar-refractivity contribution is 4.81. The van der Waals surface area contributed by atoms with E-state index in [0.29, 0.717) is 0 Å². The molecule has 0 saturated heterocycles. The zero-order chi connectivity index (χ0) is 8.49. The molecule has 1 heterocycles. The summed E-state index contributed by atoms with van der Waals surface area (Å²) in [7, 11) is 0. The number of hydrogen-bond donors (Lipinski definition) is 1. The Morgan fingerprint density at radius 1 is 0.667 bits per heavy atom. The Morgan fingerprint density at radius 3 is 2.00 bits per heavy atom. The van der Waals surface area contributed by atoms with Crippen molar-refractivity contribution >= 4 is 0 Å². The van der Waals surface area contributed by atoms with E-state index < -0.39 is 0 Å². The fourth-order valence-corrected chi connectivity index (χ4v) is 1.56. The van der Waals surface area contributed by atoms with Crippen molar-refractivity contribution in [3.63, 3.8) is 0 Å². The maximum atomic E-state index is 3.48. The topological polar surface area (TPSA) is 12.0 Å². The lowest BCUT2D eigenvalue weighted by atomic mass is 10.1. The monoisotopic (exact) mass is 167 g/mol. The fraction of sp³-hybridized carbons (Fsp3) is 0.818. The van der Waals surface area contributed by atoms with Crippen molar-refractivity contribution in [1.82, 2.24) is 5.32 Å². The summed E-state index contributed by atoms with van der Waals surface area (Å²) in [6.45, 7) is 2.44. The molecule has 0 unspecified atom stereocenters. The van der Waals surface area contributed by atoms with Crippen LogP contribution in [0.1, 0.15) is 44.9 Å². The molecule has 0 aromatic heterocycles. The van der Waals surface area contributed by atoms with Gasteiger partial charge in [-0.2, -0.15) is 0 Å². The zero-order valence-corrected chi connectivity index (χ0v) is 8.02. The van der Waals surface area contributed by atoms with E-state index >= 15 is 0 Å². The van der Waals surface area contributed by atoms with Gasteiger partial charge in [-0.3, -0.25) is 0 Å². The SMILES string of the molecule is C1=C\CCCCNCCCCC/1. The van der Waals surface area contributed by atoms with E-state index in [0.717, 1.165) is 0 Å². The Morgan fingerprint density at radius 2 is 1.25 bits per heavy atom. The van der Waals surface area contributed by atoms with E-state index in [1.54, 1.807) is 0 Å². The van der Waals surface area contributed by atoms with Gasteiger partial charge < -0.3 is 5.32 Å². The van der Waals surface area contributed by atoms with E-state index in [1.165, 1.54) is 58.0 Å². The maximum absolute atomic E-state index is 3.48. The Bertz CT molecular complexity index is 104. The molecule has 70 valence electrons. The molecule has 0 spiro atoms. The molecule has 0 atom stereocenters. The van der Waals surface area contributed by atoms with Crippen molar-refractivity contribution < 1.29 is 0 Å². The van der Waals surface area contributed by atoms with E-state index in [2.05, 4.69) is 17.5 Å². The first-order valence-electron chi connectivity index (χ1n) is 5.36. The van der Waals surface area contributed by atoms with Gasteiger partial charge in [0.25, 0.3) is 0 Å².